The van der Waals surface area contributed by atoms with E-state index in [-0.39, 0.29) is 11.7 Å². The molecule has 0 radical (unpaired) electrons. The summed E-state index contributed by atoms with van der Waals surface area (Å²) >= 11 is 3.35. The lowest BCUT2D eigenvalue weighted by atomic mass is 10.1. The fourth-order valence-corrected chi connectivity index (χ4v) is 4.15. The van der Waals surface area contributed by atoms with Gasteiger partial charge in [-0.05, 0) is 58.6 Å². The Morgan fingerprint density at radius 1 is 1.04 bits per heavy atom. The van der Waals surface area contributed by atoms with Crippen molar-refractivity contribution in [1.29, 1.82) is 0 Å². The third-order valence-corrected chi connectivity index (χ3v) is 5.60. The average molecular weight is 372 g/mol. The van der Waals surface area contributed by atoms with Gasteiger partial charge in [-0.2, -0.15) is 11.3 Å². The molecular weight excluding hydrogens is 353 g/mol. The first-order valence-corrected chi connectivity index (χ1v) is 9.91. The molecule has 0 aliphatic heterocycles. The summed E-state index contributed by atoms with van der Waals surface area (Å²) in [4.78, 5) is 13.5. The Morgan fingerprint density at radius 3 is 2.60 bits per heavy atom. The highest BCUT2D eigenvalue weighted by molar-refractivity contribution is 7.98. The van der Waals surface area contributed by atoms with Gasteiger partial charge >= 0.3 is 0 Å². The van der Waals surface area contributed by atoms with Crippen LogP contribution in [0.2, 0.25) is 0 Å². The van der Waals surface area contributed by atoms with E-state index in [9.17, 15) is 9.18 Å². The predicted molar refractivity (Wildman–Crippen MR) is 103 cm³/mol. The van der Waals surface area contributed by atoms with Crippen molar-refractivity contribution in [3.05, 3.63) is 87.9 Å². The van der Waals surface area contributed by atoms with Crippen LogP contribution in [0.15, 0.2) is 70.3 Å². The maximum Gasteiger partial charge on any atom is 0.252 e. The minimum absolute atomic E-state index is 0.0736. The van der Waals surface area contributed by atoms with Crippen molar-refractivity contribution in [3.63, 3.8) is 0 Å². The molecule has 0 atom stereocenters. The lowest BCUT2D eigenvalue weighted by molar-refractivity contribution is 0.0951. The Labute approximate surface area is 155 Å². The minimum Gasteiger partial charge on any atom is -0.352 e. The number of thioether (sulfide) groups is 1. The standard InChI is InChI=1S/C20H18FNOS2/c21-17-7-5-15(6-8-17)9-11-22-20(23)18-3-1-2-4-19(18)25-14-16-10-12-24-13-16/h1-8,10,12-13H,9,11,14H2,(H,22,23). The normalized spacial score (nSPS) is 10.6. The Balaban J connectivity index is 1.56. The molecule has 128 valence electrons. The smallest absolute Gasteiger partial charge is 0.252 e. The fourth-order valence-electron chi connectivity index (χ4n) is 2.38. The molecule has 2 nitrogen and oxygen atoms in total. The number of nitrogens with one attached hydrogen (secondary N) is 1. The second kappa shape index (κ2) is 8.83. The molecule has 0 saturated carbocycles. The molecule has 0 saturated heterocycles. The topological polar surface area (TPSA) is 29.1 Å². The van der Waals surface area contributed by atoms with Crippen LogP contribution in [0.4, 0.5) is 4.39 Å². The van der Waals surface area contributed by atoms with Gasteiger partial charge in [0.1, 0.15) is 5.82 Å². The first-order chi connectivity index (χ1) is 12.2. The minimum atomic E-state index is -0.246. The molecule has 2 aromatic carbocycles. The highest BCUT2D eigenvalue weighted by Crippen LogP contribution is 2.27. The summed E-state index contributed by atoms with van der Waals surface area (Å²) in [5.41, 5.74) is 2.96. The SMILES string of the molecule is O=C(NCCc1ccc(F)cc1)c1ccccc1SCc1ccsc1. The molecule has 1 amide bonds. The molecule has 0 fully saturated rings. The largest absolute Gasteiger partial charge is 0.352 e. The number of thiophene rings is 1. The van der Waals surface area contributed by atoms with Crippen molar-refractivity contribution in [2.45, 2.75) is 17.1 Å². The van der Waals surface area contributed by atoms with E-state index >= 15 is 0 Å². The summed E-state index contributed by atoms with van der Waals surface area (Å²) in [5.74, 6) is 0.531. The van der Waals surface area contributed by atoms with E-state index in [1.165, 1.54) is 17.7 Å². The van der Waals surface area contributed by atoms with E-state index in [0.29, 0.717) is 18.5 Å². The molecule has 0 unspecified atom stereocenters. The number of benzene rings is 2. The van der Waals surface area contributed by atoms with Gasteiger partial charge in [-0.15, -0.1) is 11.8 Å². The van der Waals surface area contributed by atoms with Crippen LogP contribution < -0.4 is 5.32 Å². The van der Waals surface area contributed by atoms with Crippen LogP contribution in [0.25, 0.3) is 0 Å². The van der Waals surface area contributed by atoms with Crippen LogP contribution in [0.5, 0.6) is 0 Å². The summed E-state index contributed by atoms with van der Waals surface area (Å²) in [5, 5.41) is 7.13. The van der Waals surface area contributed by atoms with Gasteiger partial charge in [-0.3, -0.25) is 4.79 Å². The Bertz CT molecular complexity index is 816. The van der Waals surface area contributed by atoms with E-state index in [0.717, 1.165) is 16.2 Å². The van der Waals surface area contributed by atoms with E-state index in [1.807, 2.05) is 24.3 Å². The van der Waals surface area contributed by atoms with Crippen molar-refractivity contribution < 1.29 is 9.18 Å². The van der Waals surface area contributed by atoms with E-state index in [2.05, 4.69) is 22.1 Å². The highest BCUT2D eigenvalue weighted by Gasteiger charge is 2.11. The monoisotopic (exact) mass is 371 g/mol. The summed E-state index contributed by atoms with van der Waals surface area (Å²) in [6.07, 6.45) is 0.677. The lowest BCUT2D eigenvalue weighted by Crippen LogP contribution is -2.26. The van der Waals surface area contributed by atoms with Gasteiger partial charge in [-0.25, -0.2) is 4.39 Å². The van der Waals surface area contributed by atoms with Crippen LogP contribution >= 0.6 is 23.1 Å². The lowest BCUT2D eigenvalue weighted by Gasteiger charge is -2.10. The molecule has 3 rings (SSSR count). The zero-order chi connectivity index (χ0) is 17.5. The van der Waals surface area contributed by atoms with Crippen molar-refractivity contribution in [3.8, 4) is 0 Å². The average Bonchev–Trinajstić information content (AvgIpc) is 3.15. The Kier molecular flexibility index (Phi) is 6.25. The van der Waals surface area contributed by atoms with Crippen LogP contribution in [0.1, 0.15) is 21.5 Å². The number of carbonyl (C=O) groups excluding carboxylic acids is 1. The number of halogens is 1. The van der Waals surface area contributed by atoms with Crippen LogP contribution in [-0.4, -0.2) is 12.5 Å². The molecule has 3 aromatic rings. The van der Waals surface area contributed by atoms with Crippen molar-refractivity contribution in [2.24, 2.45) is 0 Å². The number of amides is 1. The first-order valence-electron chi connectivity index (χ1n) is 7.98. The third-order valence-electron chi connectivity index (χ3n) is 3.72. The maximum absolute atomic E-state index is 12.9. The van der Waals surface area contributed by atoms with Crippen molar-refractivity contribution in [1.82, 2.24) is 5.32 Å². The van der Waals surface area contributed by atoms with Gasteiger partial charge in [0.15, 0.2) is 0 Å². The van der Waals surface area contributed by atoms with Crippen LogP contribution in [-0.2, 0) is 12.2 Å². The Hall–Kier alpha value is -2.11. The summed E-state index contributed by atoms with van der Waals surface area (Å²) in [7, 11) is 0. The molecule has 1 aromatic heterocycles. The quantitative estimate of drug-likeness (QED) is 0.582. The molecule has 0 aliphatic rings. The van der Waals surface area contributed by atoms with Gasteiger partial charge in [0.2, 0.25) is 0 Å². The predicted octanol–water partition coefficient (Wildman–Crippen LogP) is 5.15. The van der Waals surface area contributed by atoms with E-state index in [1.54, 1.807) is 35.2 Å². The molecule has 5 heteroatoms. The third kappa shape index (κ3) is 5.18. The van der Waals surface area contributed by atoms with Gasteiger partial charge in [-0.1, -0.05) is 24.3 Å². The maximum atomic E-state index is 12.9. The van der Waals surface area contributed by atoms with E-state index in [4.69, 9.17) is 0 Å². The molecular formula is C20H18FNOS2. The van der Waals surface area contributed by atoms with Gasteiger partial charge in [0.25, 0.3) is 5.91 Å². The zero-order valence-electron chi connectivity index (χ0n) is 13.6. The zero-order valence-corrected chi connectivity index (χ0v) is 15.2. The number of carbonyl (C=O) groups is 1. The first kappa shape index (κ1) is 17.7. The molecule has 25 heavy (non-hydrogen) atoms. The van der Waals surface area contributed by atoms with Crippen LogP contribution in [0, 0.1) is 5.82 Å². The Morgan fingerprint density at radius 2 is 1.84 bits per heavy atom. The summed E-state index contributed by atoms with van der Waals surface area (Å²) < 4.78 is 12.9. The van der Waals surface area contributed by atoms with E-state index < -0.39 is 0 Å². The molecule has 1 heterocycles. The summed E-state index contributed by atoms with van der Waals surface area (Å²) in [6, 6.07) is 16.1. The van der Waals surface area contributed by atoms with Crippen LogP contribution in [0.3, 0.4) is 0 Å². The molecule has 0 spiro atoms. The number of hydrogen-bond donors (Lipinski definition) is 1. The second-order valence-electron chi connectivity index (χ2n) is 5.55. The van der Waals surface area contributed by atoms with Gasteiger partial charge in [0.05, 0.1) is 5.56 Å². The molecule has 0 bridgehead atoms. The number of hydrogen-bond acceptors (Lipinski definition) is 3. The second-order valence-corrected chi connectivity index (χ2v) is 7.35. The fraction of sp³-hybridized carbons (Fsp3) is 0.150. The molecule has 0 aliphatic carbocycles. The highest BCUT2D eigenvalue weighted by atomic mass is 32.2. The van der Waals surface area contributed by atoms with Gasteiger partial charge in [0, 0.05) is 17.2 Å². The van der Waals surface area contributed by atoms with Crippen molar-refractivity contribution in [2.75, 3.05) is 6.54 Å². The number of rotatable bonds is 7. The summed E-state index contributed by atoms with van der Waals surface area (Å²) in [6.45, 7) is 0.522. The van der Waals surface area contributed by atoms with Gasteiger partial charge < -0.3 is 5.32 Å². The van der Waals surface area contributed by atoms with Crippen molar-refractivity contribution >= 4 is 29.0 Å². The molecule has 1 N–H and O–H groups in total.